The predicted molar refractivity (Wildman–Crippen MR) is 68.3 cm³/mol. The number of nitrogens with one attached hydrogen (secondary N) is 1. The molecule has 0 radical (unpaired) electrons. The SMILES string of the molecule is Cc1csc(=O)n1CC(=O)Nc1cccc(F)c1. The number of amides is 1. The molecule has 1 heterocycles. The minimum absolute atomic E-state index is 0.0648. The maximum atomic E-state index is 12.9. The van der Waals surface area contributed by atoms with E-state index in [1.165, 1.54) is 22.8 Å². The summed E-state index contributed by atoms with van der Waals surface area (Å²) in [5.74, 6) is -0.777. The first kappa shape index (κ1) is 12.5. The first-order valence-electron chi connectivity index (χ1n) is 5.26. The Kier molecular flexibility index (Phi) is 3.57. The van der Waals surface area contributed by atoms with E-state index in [0.29, 0.717) is 5.69 Å². The minimum Gasteiger partial charge on any atom is -0.324 e. The molecule has 0 saturated carbocycles. The van der Waals surface area contributed by atoms with Crippen LogP contribution >= 0.6 is 11.3 Å². The Morgan fingerprint density at radius 1 is 1.50 bits per heavy atom. The van der Waals surface area contributed by atoms with E-state index in [2.05, 4.69) is 5.32 Å². The number of hydrogen-bond donors (Lipinski definition) is 1. The fraction of sp³-hybridized carbons (Fsp3) is 0.167. The Morgan fingerprint density at radius 3 is 2.89 bits per heavy atom. The summed E-state index contributed by atoms with van der Waals surface area (Å²) >= 11 is 1.05. The molecule has 0 atom stereocenters. The van der Waals surface area contributed by atoms with Gasteiger partial charge in [0.05, 0.1) is 0 Å². The lowest BCUT2D eigenvalue weighted by Gasteiger charge is -2.06. The molecular formula is C12H11FN2O2S. The van der Waals surface area contributed by atoms with Gasteiger partial charge >= 0.3 is 4.87 Å². The number of halogens is 1. The Bertz CT molecular complexity index is 633. The highest BCUT2D eigenvalue weighted by molar-refractivity contribution is 7.07. The van der Waals surface area contributed by atoms with Gasteiger partial charge in [0.1, 0.15) is 12.4 Å². The molecule has 0 fully saturated rings. The number of hydrogen-bond acceptors (Lipinski definition) is 3. The number of benzene rings is 1. The third kappa shape index (κ3) is 2.84. The Labute approximate surface area is 107 Å². The normalized spacial score (nSPS) is 10.3. The van der Waals surface area contributed by atoms with Gasteiger partial charge in [-0.1, -0.05) is 17.4 Å². The average Bonchev–Trinajstić information content (AvgIpc) is 2.61. The number of carbonyl (C=O) groups is 1. The molecular weight excluding hydrogens is 255 g/mol. The van der Waals surface area contributed by atoms with Crippen molar-refractivity contribution >= 4 is 22.9 Å². The maximum absolute atomic E-state index is 12.9. The van der Waals surface area contributed by atoms with Crippen molar-refractivity contribution < 1.29 is 9.18 Å². The average molecular weight is 266 g/mol. The number of nitrogens with zero attached hydrogens (tertiary/aromatic N) is 1. The van der Waals surface area contributed by atoms with Crippen molar-refractivity contribution in [2.45, 2.75) is 13.5 Å². The summed E-state index contributed by atoms with van der Waals surface area (Å²) in [6.45, 7) is 1.69. The lowest BCUT2D eigenvalue weighted by atomic mass is 10.3. The van der Waals surface area contributed by atoms with Crippen molar-refractivity contribution in [3.8, 4) is 0 Å². The topological polar surface area (TPSA) is 51.1 Å². The summed E-state index contributed by atoms with van der Waals surface area (Å²) in [5.41, 5.74) is 1.11. The van der Waals surface area contributed by atoms with Crippen LogP contribution < -0.4 is 10.2 Å². The van der Waals surface area contributed by atoms with Crippen molar-refractivity contribution in [1.82, 2.24) is 4.57 Å². The van der Waals surface area contributed by atoms with Crippen LogP contribution in [0.1, 0.15) is 5.69 Å². The van der Waals surface area contributed by atoms with E-state index in [0.717, 1.165) is 17.0 Å². The molecule has 1 N–H and O–H groups in total. The number of aryl methyl sites for hydroxylation is 1. The van der Waals surface area contributed by atoms with Crippen molar-refractivity contribution in [1.29, 1.82) is 0 Å². The van der Waals surface area contributed by atoms with Crippen LogP contribution in [-0.4, -0.2) is 10.5 Å². The second-order valence-electron chi connectivity index (χ2n) is 3.79. The monoisotopic (exact) mass is 266 g/mol. The highest BCUT2D eigenvalue weighted by Crippen LogP contribution is 2.09. The van der Waals surface area contributed by atoms with Crippen LogP contribution in [0.2, 0.25) is 0 Å². The number of aromatic nitrogens is 1. The molecule has 1 amide bonds. The Hall–Kier alpha value is -1.95. The van der Waals surface area contributed by atoms with Crippen LogP contribution in [0, 0.1) is 12.7 Å². The van der Waals surface area contributed by atoms with Crippen LogP contribution in [-0.2, 0) is 11.3 Å². The molecule has 4 nitrogen and oxygen atoms in total. The van der Waals surface area contributed by atoms with Crippen molar-refractivity contribution in [3.63, 3.8) is 0 Å². The summed E-state index contributed by atoms with van der Waals surface area (Å²) in [6.07, 6.45) is 0. The molecule has 0 aliphatic carbocycles. The Morgan fingerprint density at radius 2 is 2.28 bits per heavy atom. The molecule has 0 saturated heterocycles. The van der Waals surface area contributed by atoms with E-state index < -0.39 is 5.82 Å². The fourth-order valence-electron chi connectivity index (χ4n) is 1.51. The van der Waals surface area contributed by atoms with Crippen LogP contribution in [0.3, 0.4) is 0 Å². The van der Waals surface area contributed by atoms with Crippen LogP contribution in [0.25, 0.3) is 0 Å². The molecule has 0 aliphatic heterocycles. The number of rotatable bonds is 3. The molecule has 0 aliphatic rings. The smallest absolute Gasteiger partial charge is 0.307 e. The number of anilines is 1. The lowest BCUT2D eigenvalue weighted by molar-refractivity contribution is -0.116. The van der Waals surface area contributed by atoms with Gasteiger partial charge in [0.25, 0.3) is 0 Å². The third-order valence-electron chi connectivity index (χ3n) is 2.39. The zero-order chi connectivity index (χ0) is 13.1. The van der Waals surface area contributed by atoms with Crippen molar-refractivity contribution in [2.75, 3.05) is 5.32 Å². The van der Waals surface area contributed by atoms with Crippen LogP contribution in [0.15, 0.2) is 34.4 Å². The standard InChI is InChI=1S/C12H11FN2O2S/c1-8-7-18-12(17)15(8)6-11(16)14-10-4-2-3-9(13)5-10/h2-5,7H,6H2,1H3,(H,14,16). The van der Waals surface area contributed by atoms with Gasteiger partial charge in [-0.25, -0.2) is 4.39 Å². The van der Waals surface area contributed by atoms with Gasteiger partial charge in [-0.05, 0) is 25.1 Å². The molecule has 1 aromatic carbocycles. The maximum Gasteiger partial charge on any atom is 0.307 e. The fourth-order valence-corrected chi connectivity index (χ4v) is 2.24. The first-order valence-corrected chi connectivity index (χ1v) is 6.14. The highest BCUT2D eigenvalue weighted by Gasteiger charge is 2.08. The van der Waals surface area contributed by atoms with Gasteiger partial charge in [0, 0.05) is 16.8 Å². The predicted octanol–water partition coefficient (Wildman–Crippen LogP) is 2.00. The van der Waals surface area contributed by atoms with Gasteiger partial charge < -0.3 is 5.32 Å². The summed E-state index contributed by atoms with van der Waals surface area (Å²) in [5, 5.41) is 4.23. The highest BCUT2D eigenvalue weighted by atomic mass is 32.1. The molecule has 94 valence electrons. The number of thiazole rings is 1. The lowest BCUT2D eigenvalue weighted by Crippen LogP contribution is -2.25. The van der Waals surface area contributed by atoms with Gasteiger partial charge in [-0.15, -0.1) is 0 Å². The van der Waals surface area contributed by atoms with E-state index in [1.807, 2.05) is 0 Å². The molecule has 0 spiro atoms. The summed E-state index contributed by atoms with van der Waals surface area (Å²) in [7, 11) is 0. The molecule has 0 bridgehead atoms. The molecule has 6 heteroatoms. The van der Waals surface area contributed by atoms with E-state index in [-0.39, 0.29) is 17.3 Å². The van der Waals surface area contributed by atoms with Gasteiger partial charge in [-0.2, -0.15) is 0 Å². The van der Waals surface area contributed by atoms with E-state index in [9.17, 15) is 14.0 Å². The number of carbonyl (C=O) groups excluding carboxylic acids is 1. The molecule has 1 aromatic heterocycles. The van der Waals surface area contributed by atoms with Gasteiger partial charge in [-0.3, -0.25) is 14.2 Å². The third-order valence-corrected chi connectivity index (χ3v) is 3.27. The summed E-state index contributed by atoms with van der Waals surface area (Å²) < 4.78 is 14.3. The minimum atomic E-state index is -0.420. The second kappa shape index (κ2) is 5.14. The zero-order valence-electron chi connectivity index (χ0n) is 9.64. The van der Waals surface area contributed by atoms with Gasteiger partial charge in [0.15, 0.2) is 0 Å². The van der Waals surface area contributed by atoms with Crippen molar-refractivity contribution in [3.05, 3.63) is 50.8 Å². The van der Waals surface area contributed by atoms with Crippen molar-refractivity contribution in [2.24, 2.45) is 0 Å². The van der Waals surface area contributed by atoms with E-state index >= 15 is 0 Å². The molecule has 0 unspecified atom stereocenters. The van der Waals surface area contributed by atoms with Gasteiger partial charge in [0.2, 0.25) is 5.91 Å². The first-order chi connectivity index (χ1) is 8.56. The molecule has 2 aromatic rings. The largest absolute Gasteiger partial charge is 0.324 e. The summed E-state index contributed by atoms with van der Waals surface area (Å²) in [4.78, 5) is 23.0. The molecule has 18 heavy (non-hydrogen) atoms. The van der Waals surface area contributed by atoms with E-state index in [1.54, 1.807) is 18.4 Å². The van der Waals surface area contributed by atoms with E-state index in [4.69, 9.17) is 0 Å². The quantitative estimate of drug-likeness (QED) is 0.923. The van der Waals surface area contributed by atoms with Crippen LogP contribution in [0.4, 0.5) is 10.1 Å². The zero-order valence-corrected chi connectivity index (χ0v) is 10.5. The summed E-state index contributed by atoms with van der Waals surface area (Å²) in [6, 6.07) is 5.61. The molecule has 2 rings (SSSR count). The Balaban J connectivity index is 2.08. The van der Waals surface area contributed by atoms with Crippen LogP contribution in [0.5, 0.6) is 0 Å². The second-order valence-corrected chi connectivity index (χ2v) is 4.61.